The molecule has 3 heterocycles. The van der Waals surface area contributed by atoms with Gasteiger partial charge in [0.2, 0.25) is 0 Å². The minimum absolute atomic E-state index is 0.0375. The van der Waals surface area contributed by atoms with E-state index in [4.69, 9.17) is 4.74 Å². The molecule has 0 saturated carbocycles. The Kier molecular flexibility index (Phi) is 3.41. The molecular weight excluding hydrogens is 290 g/mol. The number of nitrogens with zero attached hydrogens (tertiary/aromatic N) is 2. The predicted molar refractivity (Wildman–Crippen MR) is 87.3 cm³/mol. The van der Waals surface area contributed by atoms with Crippen LogP contribution < -0.4 is 4.74 Å². The largest absolute Gasteiger partial charge is 0.496 e. The van der Waals surface area contributed by atoms with E-state index >= 15 is 0 Å². The van der Waals surface area contributed by atoms with Crippen molar-refractivity contribution in [2.24, 2.45) is 0 Å². The number of nitrogens with one attached hydrogen (secondary N) is 1. The van der Waals surface area contributed by atoms with Crippen LogP contribution in [0.4, 0.5) is 0 Å². The van der Waals surface area contributed by atoms with Gasteiger partial charge in [0.05, 0.1) is 18.8 Å². The summed E-state index contributed by atoms with van der Waals surface area (Å²) < 4.78 is 5.37. The molecule has 0 aliphatic carbocycles. The Balaban J connectivity index is 1.63. The third kappa shape index (κ3) is 2.32. The van der Waals surface area contributed by atoms with Crippen molar-refractivity contribution in [2.75, 3.05) is 7.11 Å². The molecule has 2 unspecified atom stereocenters. The molecule has 2 aromatic rings. The lowest BCUT2D eigenvalue weighted by Gasteiger charge is -2.30. The highest BCUT2D eigenvalue weighted by Crippen LogP contribution is 2.33. The van der Waals surface area contributed by atoms with Crippen LogP contribution in [0.25, 0.3) is 11.3 Å². The van der Waals surface area contributed by atoms with Crippen molar-refractivity contribution >= 4 is 5.91 Å². The van der Waals surface area contributed by atoms with Crippen LogP contribution in [0.3, 0.4) is 0 Å². The molecule has 1 saturated heterocycles. The zero-order chi connectivity index (χ0) is 15.8. The van der Waals surface area contributed by atoms with Crippen molar-refractivity contribution in [2.45, 2.75) is 31.3 Å². The van der Waals surface area contributed by atoms with Crippen molar-refractivity contribution < 1.29 is 9.53 Å². The summed E-state index contributed by atoms with van der Waals surface area (Å²) in [5.41, 5.74) is 2.15. The van der Waals surface area contributed by atoms with Gasteiger partial charge in [-0.25, -0.2) is 0 Å². The van der Waals surface area contributed by atoms with Gasteiger partial charge in [0.25, 0.3) is 5.91 Å². The minimum atomic E-state index is 0.0375. The number of hydrogen-bond acceptors (Lipinski definition) is 3. The number of aromatic nitrogens is 2. The quantitative estimate of drug-likeness (QED) is 0.887. The third-order valence-electron chi connectivity index (χ3n) is 4.74. The normalized spacial score (nSPS) is 22.4. The highest BCUT2D eigenvalue weighted by molar-refractivity contribution is 5.94. The summed E-state index contributed by atoms with van der Waals surface area (Å²) in [7, 11) is 1.63. The number of aromatic amines is 1. The molecule has 1 N–H and O–H groups in total. The molecule has 2 bridgehead atoms. The van der Waals surface area contributed by atoms with E-state index in [9.17, 15) is 4.79 Å². The number of ether oxygens (including phenoxy) is 1. The fourth-order valence-corrected chi connectivity index (χ4v) is 3.61. The second-order valence-electron chi connectivity index (χ2n) is 6.04. The molecule has 2 atom stereocenters. The first-order valence-electron chi connectivity index (χ1n) is 7.96. The lowest BCUT2D eigenvalue weighted by molar-refractivity contribution is 0.0683. The number of rotatable bonds is 3. The molecule has 1 aromatic heterocycles. The van der Waals surface area contributed by atoms with Gasteiger partial charge in [-0.1, -0.05) is 24.3 Å². The van der Waals surface area contributed by atoms with Crippen LogP contribution in [-0.4, -0.2) is 40.2 Å². The van der Waals surface area contributed by atoms with Crippen molar-refractivity contribution in [3.8, 4) is 17.0 Å². The highest BCUT2D eigenvalue weighted by Gasteiger charge is 2.38. The van der Waals surface area contributed by atoms with Crippen LogP contribution in [-0.2, 0) is 0 Å². The molecule has 2 aliphatic heterocycles. The zero-order valence-corrected chi connectivity index (χ0v) is 13.0. The van der Waals surface area contributed by atoms with Crippen LogP contribution in [0, 0.1) is 0 Å². The first-order valence-corrected chi connectivity index (χ1v) is 7.96. The molecular formula is C18H19N3O2. The maximum absolute atomic E-state index is 12.8. The van der Waals surface area contributed by atoms with Crippen molar-refractivity contribution in [1.82, 2.24) is 15.1 Å². The van der Waals surface area contributed by atoms with E-state index < -0.39 is 0 Å². The van der Waals surface area contributed by atoms with Crippen molar-refractivity contribution in [1.29, 1.82) is 0 Å². The second-order valence-corrected chi connectivity index (χ2v) is 6.04. The summed E-state index contributed by atoms with van der Waals surface area (Å²) in [5.74, 6) is 0.787. The van der Waals surface area contributed by atoms with Gasteiger partial charge in [0.15, 0.2) is 0 Å². The van der Waals surface area contributed by atoms with Crippen LogP contribution >= 0.6 is 0 Å². The van der Waals surface area contributed by atoms with Gasteiger partial charge in [0, 0.05) is 11.6 Å². The first-order chi connectivity index (χ1) is 11.3. The van der Waals surface area contributed by atoms with Gasteiger partial charge in [-0.05, 0) is 37.5 Å². The molecule has 2 aliphatic rings. The van der Waals surface area contributed by atoms with Crippen molar-refractivity contribution in [3.63, 3.8) is 0 Å². The summed E-state index contributed by atoms with van der Waals surface area (Å²) in [5, 5.41) is 7.21. The standard InChI is InChI=1S/C18H19N3O2/c1-23-17-8-3-2-7-14(17)15-11-16(20-19-15)18(22)21-12-5-4-6-13(21)10-9-12/h2-5,7-8,11-13H,6,9-10H2,1H3,(H,19,20). The molecule has 118 valence electrons. The highest BCUT2D eigenvalue weighted by atomic mass is 16.5. The molecule has 0 spiro atoms. The van der Waals surface area contributed by atoms with Crippen LogP contribution in [0.15, 0.2) is 42.5 Å². The SMILES string of the molecule is COc1ccccc1-c1cc(C(=O)N2C3C=CCC2CC3)[nH]n1. The van der Waals surface area contributed by atoms with Gasteiger partial charge in [0.1, 0.15) is 11.4 Å². The molecule has 1 amide bonds. The lowest BCUT2D eigenvalue weighted by atomic mass is 10.1. The average molecular weight is 309 g/mol. The summed E-state index contributed by atoms with van der Waals surface area (Å²) in [6, 6.07) is 10.1. The summed E-state index contributed by atoms with van der Waals surface area (Å²) >= 11 is 0. The number of methoxy groups -OCH3 is 1. The fraction of sp³-hybridized carbons (Fsp3) is 0.333. The molecule has 5 heteroatoms. The maximum atomic E-state index is 12.8. The summed E-state index contributed by atoms with van der Waals surface area (Å²) in [6.45, 7) is 0. The van der Waals surface area contributed by atoms with Gasteiger partial charge in [-0.2, -0.15) is 5.10 Å². The van der Waals surface area contributed by atoms with E-state index in [1.165, 1.54) is 0 Å². The lowest BCUT2D eigenvalue weighted by Crippen LogP contribution is -2.42. The van der Waals surface area contributed by atoms with E-state index in [1.807, 2.05) is 35.2 Å². The predicted octanol–water partition coefficient (Wildman–Crippen LogP) is 3.02. The number of benzene rings is 1. The van der Waals surface area contributed by atoms with Crippen LogP contribution in [0.2, 0.25) is 0 Å². The van der Waals surface area contributed by atoms with Gasteiger partial charge < -0.3 is 9.64 Å². The van der Waals surface area contributed by atoms with Crippen LogP contribution in [0.1, 0.15) is 29.8 Å². The number of fused-ring (bicyclic) bond motifs is 2. The molecule has 5 nitrogen and oxygen atoms in total. The minimum Gasteiger partial charge on any atom is -0.496 e. The smallest absolute Gasteiger partial charge is 0.272 e. The summed E-state index contributed by atoms with van der Waals surface area (Å²) in [6.07, 6.45) is 7.44. The average Bonchev–Trinajstić information content (AvgIpc) is 3.17. The van der Waals surface area contributed by atoms with Gasteiger partial charge >= 0.3 is 0 Å². The third-order valence-corrected chi connectivity index (χ3v) is 4.74. The number of H-pyrrole nitrogens is 1. The Hall–Kier alpha value is -2.56. The number of para-hydroxylation sites is 1. The van der Waals surface area contributed by atoms with Gasteiger partial charge in [-0.15, -0.1) is 0 Å². The molecule has 0 radical (unpaired) electrons. The van der Waals surface area contributed by atoms with Crippen molar-refractivity contribution in [3.05, 3.63) is 48.2 Å². The fourth-order valence-electron chi connectivity index (χ4n) is 3.61. The Morgan fingerprint density at radius 2 is 2.22 bits per heavy atom. The van der Waals surface area contributed by atoms with E-state index in [2.05, 4.69) is 22.3 Å². The van der Waals surface area contributed by atoms with E-state index in [1.54, 1.807) is 7.11 Å². The Morgan fingerprint density at radius 1 is 1.35 bits per heavy atom. The Bertz CT molecular complexity index is 765. The van der Waals surface area contributed by atoms with Gasteiger partial charge in [-0.3, -0.25) is 9.89 Å². The topological polar surface area (TPSA) is 58.2 Å². The van der Waals surface area contributed by atoms with E-state index in [-0.39, 0.29) is 11.9 Å². The first kappa shape index (κ1) is 14.1. The molecule has 23 heavy (non-hydrogen) atoms. The maximum Gasteiger partial charge on any atom is 0.272 e. The number of carbonyl (C=O) groups is 1. The molecule has 1 fully saturated rings. The van der Waals surface area contributed by atoms with E-state index in [0.29, 0.717) is 11.7 Å². The number of amides is 1. The van der Waals surface area contributed by atoms with E-state index in [0.717, 1.165) is 36.3 Å². The molecule has 4 rings (SSSR count). The Labute approximate surface area is 135 Å². The molecule has 1 aromatic carbocycles. The number of carbonyl (C=O) groups excluding carboxylic acids is 1. The number of hydrogen-bond donors (Lipinski definition) is 1. The van der Waals surface area contributed by atoms with Crippen LogP contribution in [0.5, 0.6) is 5.75 Å². The monoisotopic (exact) mass is 309 g/mol. The summed E-state index contributed by atoms with van der Waals surface area (Å²) in [4.78, 5) is 14.8. The second kappa shape index (κ2) is 5.57. The Morgan fingerprint density at radius 3 is 3.04 bits per heavy atom. The zero-order valence-electron chi connectivity index (χ0n) is 13.0.